The van der Waals surface area contributed by atoms with E-state index in [1.165, 1.54) is 0 Å². The highest BCUT2D eigenvalue weighted by atomic mass is 16.8. The van der Waals surface area contributed by atoms with Crippen molar-refractivity contribution in [2.45, 2.75) is 49.1 Å². The van der Waals surface area contributed by atoms with Crippen molar-refractivity contribution in [2.75, 3.05) is 0 Å². The Kier molecular flexibility index (Phi) is 4.96. The smallest absolute Gasteiger partial charge is 0.455 e. The van der Waals surface area contributed by atoms with Gasteiger partial charge in [0.05, 0.1) is 0 Å². The van der Waals surface area contributed by atoms with Gasteiger partial charge in [-0.05, 0) is 0 Å². The number of carbonyl (C=O) groups excluding carboxylic acids is 1. The Morgan fingerprint density at radius 2 is 1.35 bits per heavy atom. The average molecular weight is 392 g/mol. The highest BCUT2D eigenvalue weighted by molar-refractivity contribution is 5.77. The van der Waals surface area contributed by atoms with Crippen molar-refractivity contribution in [3.8, 4) is 0 Å². The first-order valence-corrected chi connectivity index (χ1v) is 6.46. The standard InChI is InChI=1S/C10H17NO15/c1-3(12)26-4(8(19,20)5(13)14)9(21,22)11(10(23,24)25)6(15,16)2-7(11,17)18/h4,15-25H,2H2,1H3/p+1. The number of ether oxygens (including phenoxy) is 1. The average Bonchev–Trinajstić information content (AvgIpc) is 2.29. The fourth-order valence-electron chi connectivity index (χ4n) is 2.86. The maximum Gasteiger partial charge on any atom is 0.455 e. The minimum Gasteiger partial charge on any atom is -0.477 e. The monoisotopic (exact) mass is 392 g/mol. The topological polar surface area (TPSA) is 286 Å². The second-order valence-corrected chi connectivity index (χ2v) is 5.70. The maximum atomic E-state index is 11.1. The lowest BCUT2D eigenvalue weighted by Gasteiger charge is -2.65. The first-order chi connectivity index (χ1) is 11.2. The van der Waals surface area contributed by atoms with E-state index in [-0.39, 0.29) is 0 Å². The molecule has 1 fully saturated rings. The number of carbonyl (C=O) groups is 2. The highest BCUT2D eigenvalue weighted by Crippen LogP contribution is 2.57. The minimum atomic E-state index is -4.90. The van der Waals surface area contributed by atoms with Crippen molar-refractivity contribution in [3.63, 3.8) is 0 Å². The molecule has 16 heteroatoms. The summed E-state index contributed by atoms with van der Waals surface area (Å²) in [5.74, 6) is -21.9. The molecule has 16 nitrogen and oxygen atoms in total. The van der Waals surface area contributed by atoms with Gasteiger partial charge in [0.15, 0.2) is 6.42 Å². The van der Waals surface area contributed by atoms with E-state index in [1.807, 2.05) is 0 Å². The largest absolute Gasteiger partial charge is 0.477 e. The van der Waals surface area contributed by atoms with Crippen LogP contribution in [-0.2, 0) is 14.3 Å². The van der Waals surface area contributed by atoms with Gasteiger partial charge in [0.2, 0.25) is 0 Å². The predicted octanol–water partition coefficient (Wildman–Crippen LogP) is -7.59. The molecule has 1 aliphatic heterocycles. The number of carboxylic acid groups (broad SMARTS) is 1. The lowest BCUT2D eigenvalue weighted by Crippen LogP contribution is -3.00. The van der Waals surface area contributed by atoms with Crippen molar-refractivity contribution in [2.24, 2.45) is 0 Å². The van der Waals surface area contributed by atoms with Gasteiger partial charge in [-0.15, -0.1) is 0 Å². The van der Waals surface area contributed by atoms with Crippen molar-refractivity contribution < 1.29 is 80.1 Å². The van der Waals surface area contributed by atoms with E-state index in [0.29, 0.717) is 6.92 Å². The Morgan fingerprint density at radius 1 is 0.962 bits per heavy atom. The summed E-state index contributed by atoms with van der Waals surface area (Å²) in [5, 5.41) is 115. The first kappa shape index (κ1) is 22.5. The number of carboxylic acids is 1. The van der Waals surface area contributed by atoms with Gasteiger partial charge in [-0.1, -0.05) is 4.48 Å². The summed E-state index contributed by atoms with van der Waals surface area (Å²) in [4.78, 5) is 22.0. The molecule has 1 atom stereocenters. The lowest BCUT2D eigenvalue weighted by molar-refractivity contribution is -1.28. The molecule has 1 aliphatic rings. The lowest BCUT2D eigenvalue weighted by atomic mass is 9.90. The maximum absolute atomic E-state index is 11.1. The van der Waals surface area contributed by atoms with Crippen molar-refractivity contribution in [3.05, 3.63) is 0 Å². The molecule has 0 spiro atoms. The van der Waals surface area contributed by atoms with Crippen molar-refractivity contribution in [1.29, 1.82) is 0 Å². The third-order valence-corrected chi connectivity index (χ3v) is 3.81. The van der Waals surface area contributed by atoms with Crippen LogP contribution in [0.2, 0.25) is 0 Å². The summed E-state index contributed by atoms with van der Waals surface area (Å²) in [6.07, 6.45) is -10.3. The van der Waals surface area contributed by atoms with Gasteiger partial charge in [-0.2, -0.15) is 0 Å². The van der Waals surface area contributed by atoms with Crippen LogP contribution in [0, 0.1) is 0 Å². The van der Waals surface area contributed by atoms with Crippen LogP contribution in [0.25, 0.3) is 0 Å². The van der Waals surface area contributed by atoms with Crippen LogP contribution < -0.4 is 0 Å². The summed E-state index contributed by atoms with van der Waals surface area (Å²) in [6.45, 7) is 0.474. The molecule has 0 aromatic heterocycles. The number of hydrogen-bond donors (Lipinski definition) is 12. The molecule has 0 amide bonds. The van der Waals surface area contributed by atoms with Gasteiger partial charge in [-0.25, -0.2) is 4.79 Å². The molecule has 12 N–H and O–H groups in total. The molecule has 0 radical (unpaired) electrons. The fourth-order valence-corrected chi connectivity index (χ4v) is 2.86. The van der Waals surface area contributed by atoms with E-state index in [2.05, 4.69) is 4.74 Å². The molecule has 1 rings (SSSR count). The normalized spacial score (nSPS) is 22.9. The molecule has 0 aromatic carbocycles. The Labute approximate surface area is 142 Å². The van der Waals surface area contributed by atoms with E-state index >= 15 is 0 Å². The molecule has 26 heavy (non-hydrogen) atoms. The summed E-state index contributed by atoms with van der Waals surface area (Å²) >= 11 is 0. The van der Waals surface area contributed by atoms with Crippen LogP contribution in [0.1, 0.15) is 13.3 Å². The van der Waals surface area contributed by atoms with Gasteiger partial charge in [0, 0.05) is 6.92 Å². The molecular formula is C10H18NO15+. The number of rotatable bonds is 6. The zero-order chi connectivity index (χ0) is 21.1. The Balaban J connectivity index is 3.82. The van der Waals surface area contributed by atoms with Gasteiger partial charge in [-0.3, -0.25) is 20.1 Å². The van der Waals surface area contributed by atoms with E-state index in [1.54, 1.807) is 0 Å². The number of quaternary nitrogens is 1. The van der Waals surface area contributed by atoms with E-state index in [4.69, 9.17) is 5.11 Å². The number of aliphatic hydroxyl groups is 11. The zero-order valence-corrected chi connectivity index (χ0v) is 12.8. The predicted molar refractivity (Wildman–Crippen MR) is 66.1 cm³/mol. The second kappa shape index (κ2) is 5.73. The Morgan fingerprint density at radius 3 is 1.58 bits per heavy atom. The SMILES string of the molecule is CC(=O)OC(C(O)(O)C(=O)O)C(O)(O)[N+]1(C(O)(O)O)C(O)(O)CC1(O)O. The van der Waals surface area contributed by atoms with E-state index in [9.17, 15) is 65.8 Å². The number of nitrogens with zero attached hydrogens (tertiary/aromatic N) is 1. The molecular weight excluding hydrogens is 374 g/mol. The third kappa shape index (κ3) is 2.65. The van der Waals surface area contributed by atoms with Crippen molar-refractivity contribution in [1.82, 2.24) is 0 Å². The number of likely N-dealkylation sites (tertiary alicyclic amines) is 1. The van der Waals surface area contributed by atoms with Gasteiger partial charge in [0.1, 0.15) is 0 Å². The molecule has 0 bridgehead atoms. The zero-order valence-electron chi connectivity index (χ0n) is 12.8. The summed E-state index contributed by atoms with van der Waals surface area (Å²) in [5.41, 5.74) is 0. The van der Waals surface area contributed by atoms with Crippen LogP contribution >= 0.6 is 0 Å². The van der Waals surface area contributed by atoms with Crippen LogP contribution in [-0.4, -0.2) is 113 Å². The quantitative estimate of drug-likeness (QED) is 0.113. The van der Waals surface area contributed by atoms with Gasteiger partial charge in [0.25, 0.3) is 6.10 Å². The Bertz CT molecular complexity index is 571. The van der Waals surface area contributed by atoms with Crippen LogP contribution in [0.5, 0.6) is 0 Å². The molecule has 0 aliphatic carbocycles. The Hall–Kier alpha value is -1.54. The first-order valence-electron chi connectivity index (χ1n) is 6.46. The van der Waals surface area contributed by atoms with Gasteiger partial charge < -0.3 is 50.7 Å². The molecule has 0 aromatic rings. The summed E-state index contributed by atoms with van der Waals surface area (Å²) in [6, 6.07) is 0. The molecule has 1 heterocycles. The third-order valence-electron chi connectivity index (χ3n) is 3.81. The molecule has 1 saturated heterocycles. The number of esters is 1. The van der Waals surface area contributed by atoms with Crippen LogP contribution in [0.4, 0.5) is 0 Å². The number of aliphatic carboxylic acids is 1. The van der Waals surface area contributed by atoms with Crippen molar-refractivity contribution >= 4 is 11.9 Å². The van der Waals surface area contributed by atoms with E-state index < -0.39 is 58.6 Å². The molecule has 152 valence electrons. The number of hydrogen-bond acceptors (Lipinski definition) is 14. The molecule has 1 unspecified atom stereocenters. The van der Waals surface area contributed by atoms with Crippen LogP contribution in [0.3, 0.4) is 0 Å². The highest BCUT2D eigenvalue weighted by Gasteiger charge is 2.94. The van der Waals surface area contributed by atoms with E-state index in [0.717, 1.165) is 0 Å². The van der Waals surface area contributed by atoms with Gasteiger partial charge >= 0.3 is 41.6 Å². The van der Waals surface area contributed by atoms with Crippen LogP contribution in [0.15, 0.2) is 0 Å². The molecule has 0 saturated carbocycles. The summed E-state index contributed by atoms with van der Waals surface area (Å²) < 4.78 is 0.333. The summed E-state index contributed by atoms with van der Waals surface area (Å²) in [7, 11) is 0. The minimum absolute atomic E-state index is 0.474. The fraction of sp³-hybridized carbons (Fsp3) is 0.800. The second-order valence-electron chi connectivity index (χ2n) is 5.70.